The maximum atomic E-state index is 4.18. The summed E-state index contributed by atoms with van der Waals surface area (Å²) in [7, 11) is 2.20. The molecule has 1 aromatic heterocycles. The summed E-state index contributed by atoms with van der Waals surface area (Å²) < 4.78 is 1.75. The number of hydrogen-bond donors (Lipinski definition) is 1. The third kappa shape index (κ3) is 3.17. The van der Waals surface area contributed by atoms with Crippen molar-refractivity contribution in [2.24, 2.45) is 5.92 Å². The molecule has 1 aliphatic heterocycles. The summed E-state index contributed by atoms with van der Waals surface area (Å²) >= 11 is 0. The Morgan fingerprint density at radius 2 is 2.47 bits per heavy atom. The number of nitrogens with one attached hydrogen (secondary N) is 1. The second-order valence-electron chi connectivity index (χ2n) is 5.03. The molecule has 0 aromatic carbocycles. The van der Waals surface area contributed by atoms with Gasteiger partial charge in [0.15, 0.2) is 0 Å². The van der Waals surface area contributed by atoms with Gasteiger partial charge in [-0.3, -0.25) is 0 Å². The Bertz CT molecular complexity index is 371. The molecule has 2 heterocycles. The van der Waals surface area contributed by atoms with Crippen LogP contribution in [0.4, 0.5) is 0 Å². The normalized spacial score (nSPS) is 26.0. The lowest BCUT2D eigenvalue weighted by Gasteiger charge is -2.35. The number of piperidine rings is 1. The highest BCUT2D eigenvalue weighted by molar-refractivity contribution is 5.17. The van der Waals surface area contributed by atoms with Gasteiger partial charge in [0.2, 0.25) is 0 Å². The SMILES string of the molecule is C=Cn1cc(CNC2CCN(C)CC2C)cn1. The predicted molar refractivity (Wildman–Crippen MR) is 70.5 cm³/mol. The first-order chi connectivity index (χ1) is 8.19. The molecule has 1 fully saturated rings. The third-order valence-electron chi connectivity index (χ3n) is 3.52. The minimum Gasteiger partial charge on any atom is -0.309 e. The van der Waals surface area contributed by atoms with Crippen LogP contribution in [0.5, 0.6) is 0 Å². The quantitative estimate of drug-likeness (QED) is 0.855. The highest BCUT2D eigenvalue weighted by Crippen LogP contribution is 2.15. The zero-order chi connectivity index (χ0) is 12.3. The first-order valence-electron chi connectivity index (χ1n) is 6.26. The Kier molecular flexibility index (Phi) is 3.97. The summed E-state index contributed by atoms with van der Waals surface area (Å²) in [4.78, 5) is 2.40. The largest absolute Gasteiger partial charge is 0.309 e. The molecule has 94 valence electrons. The van der Waals surface area contributed by atoms with E-state index in [2.05, 4.69) is 35.9 Å². The van der Waals surface area contributed by atoms with Crippen LogP contribution in [-0.4, -0.2) is 40.9 Å². The molecule has 1 aromatic rings. The van der Waals surface area contributed by atoms with E-state index in [0.29, 0.717) is 12.0 Å². The van der Waals surface area contributed by atoms with Crippen molar-refractivity contribution in [1.82, 2.24) is 20.0 Å². The van der Waals surface area contributed by atoms with E-state index in [1.54, 1.807) is 10.9 Å². The van der Waals surface area contributed by atoms with Crippen molar-refractivity contribution in [2.75, 3.05) is 20.1 Å². The molecule has 0 radical (unpaired) electrons. The van der Waals surface area contributed by atoms with Gasteiger partial charge in [-0.2, -0.15) is 5.10 Å². The molecule has 1 saturated heterocycles. The van der Waals surface area contributed by atoms with Crippen LogP contribution in [0.15, 0.2) is 19.0 Å². The van der Waals surface area contributed by atoms with Gasteiger partial charge in [-0.25, -0.2) is 4.68 Å². The second-order valence-corrected chi connectivity index (χ2v) is 5.03. The molecule has 2 atom stereocenters. The zero-order valence-electron chi connectivity index (χ0n) is 10.8. The summed E-state index contributed by atoms with van der Waals surface area (Å²) in [5, 5.41) is 7.81. The summed E-state index contributed by atoms with van der Waals surface area (Å²) in [6.45, 7) is 9.28. The molecular formula is C13H22N4. The van der Waals surface area contributed by atoms with E-state index in [4.69, 9.17) is 0 Å². The highest BCUT2D eigenvalue weighted by Gasteiger charge is 2.23. The fourth-order valence-corrected chi connectivity index (χ4v) is 2.47. The summed E-state index contributed by atoms with van der Waals surface area (Å²) in [5.41, 5.74) is 1.22. The van der Waals surface area contributed by atoms with E-state index in [1.165, 1.54) is 25.1 Å². The van der Waals surface area contributed by atoms with Crippen molar-refractivity contribution in [3.8, 4) is 0 Å². The standard InChI is InChI=1S/C13H22N4/c1-4-17-10-12(8-15-17)7-14-13-5-6-16(3)9-11(13)2/h4,8,10-11,13-14H,1,5-7,9H2,2-3H3. The van der Waals surface area contributed by atoms with Crippen LogP contribution >= 0.6 is 0 Å². The van der Waals surface area contributed by atoms with Gasteiger partial charge in [0.25, 0.3) is 0 Å². The van der Waals surface area contributed by atoms with Gasteiger partial charge in [0, 0.05) is 37.1 Å². The monoisotopic (exact) mass is 234 g/mol. The van der Waals surface area contributed by atoms with Gasteiger partial charge in [-0.15, -0.1) is 0 Å². The van der Waals surface area contributed by atoms with Crippen LogP contribution in [-0.2, 0) is 6.54 Å². The Morgan fingerprint density at radius 1 is 1.65 bits per heavy atom. The Labute approximate surface area is 103 Å². The van der Waals surface area contributed by atoms with E-state index in [0.717, 1.165) is 6.54 Å². The fourth-order valence-electron chi connectivity index (χ4n) is 2.47. The van der Waals surface area contributed by atoms with Crippen molar-refractivity contribution in [2.45, 2.75) is 25.9 Å². The van der Waals surface area contributed by atoms with E-state index < -0.39 is 0 Å². The fraction of sp³-hybridized carbons (Fsp3) is 0.615. The molecule has 17 heavy (non-hydrogen) atoms. The number of nitrogens with zero attached hydrogens (tertiary/aromatic N) is 3. The van der Waals surface area contributed by atoms with Crippen molar-refractivity contribution >= 4 is 6.20 Å². The van der Waals surface area contributed by atoms with E-state index in [-0.39, 0.29) is 0 Å². The Hall–Kier alpha value is -1.13. The van der Waals surface area contributed by atoms with Crippen molar-refractivity contribution in [3.05, 3.63) is 24.5 Å². The Balaban J connectivity index is 1.83. The number of likely N-dealkylation sites (tertiary alicyclic amines) is 1. The van der Waals surface area contributed by atoms with Gasteiger partial charge in [0.1, 0.15) is 0 Å². The van der Waals surface area contributed by atoms with Crippen molar-refractivity contribution in [3.63, 3.8) is 0 Å². The van der Waals surface area contributed by atoms with Gasteiger partial charge in [-0.05, 0) is 25.9 Å². The minimum absolute atomic E-state index is 0.623. The van der Waals surface area contributed by atoms with Crippen LogP contribution in [0.1, 0.15) is 18.9 Å². The number of aromatic nitrogens is 2. The number of rotatable bonds is 4. The maximum Gasteiger partial charge on any atom is 0.0538 e. The molecule has 4 nitrogen and oxygen atoms in total. The maximum absolute atomic E-state index is 4.18. The average Bonchev–Trinajstić information content (AvgIpc) is 2.76. The van der Waals surface area contributed by atoms with Crippen LogP contribution in [0, 0.1) is 5.92 Å². The lowest BCUT2D eigenvalue weighted by molar-refractivity contribution is 0.174. The third-order valence-corrected chi connectivity index (χ3v) is 3.52. The Morgan fingerprint density at radius 3 is 3.12 bits per heavy atom. The molecule has 2 rings (SSSR count). The minimum atomic E-state index is 0.623. The van der Waals surface area contributed by atoms with E-state index in [9.17, 15) is 0 Å². The molecule has 1 N–H and O–H groups in total. The molecule has 0 amide bonds. The van der Waals surface area contributed by atoms with Crippen LogP contribution in [0.25, 0.3) is 6.20 Å². The molecule has 0 spiro atoms. The molecular weight excluding hydrogens is 212 g/mol. The topological polar surface area (TPSA) is 33.1 Å². The summed E-state index contributed by atoms with van der Waals surface area (Å²) in [5.74, 6) is 0.711. The van der Waals surface area contributed by atoms with Crippen molar-refractivity contribution in [1.29, 1.82) is 0 Å². The summed E-state index contributed by atoms with van der Waals surface area (Å²) in [6.07, 6.45) is 6.85. The van der Waals surface area contributed by atoms with Crippen LogP contribution in [0.2, 0.25) is 0 Å². The van der Waals surface area contributed by atoms with Gasteiger partial charge >= 0.3 is 0 Å². The molecule has 4 heteroatoms. The average molecular weight is 234 g/mol. The lowest BCUT2D eigenvalue weighted by atomic mass is 9.94. The smallest absolute Gasteiger partial charge is 0.0538 e. The van der Waals surface area contributed by atoms with Crippen LogP contribution in [0.3, 0.4) is 0 Å². The second kappa shape index (κ2) is 5.47. The molecule has 2 unspecified atom stereocenters. The summed E-state index contributed by atoms with van der Waals surface area (Å²) in [6, 6.07) is 0.623. The number of hydrogen-bond acceptors (Lipinski definition) is 3. The predicted octanol–water partition coefficient (Wildman–Crippen LogP) is 1.41. The van der Waals surface area contributed by atoms with Crippen molar-refractivity contribution < 1.29 is 0 Å². The highest BCUT2D eigenvalue weighted by atomic mass is 15.2. The zero-order valence-corrected chi connectivity index (χ0v) is 10.8. The molecule has 0 aliphatic carbocycles. The lowest BCUT2D eigenvalue weighted by Crippen LogP contribution is -2.46. The first kappa shape index (κ1) is 12.3. The van der Waals surface area contributed by atoms with Crippen LogP contribution < -0.4 is 5.32 Å². The molecule has 1 aliphatic rings. The van der Waals surface area contributed by atoms with Gasteiger partial charge < -0.3 is 10.2 Å². The van der Waals surface area contributed by atoms with E-state index in [1.807, 2.05) is 12.4 Å². The van der Waals surface area contributed by atoms with Gasteiger partial charge in [-0.1, -0.05) is 13.5 Å². The first-order valence-corrected chi connectivity index (χ1v) is 6.26. The van der Waals surface area contributed by atoms with E-state index >= 15 is 0 Å². The molecule has 0 bridgehead atoms. The van der Waals surface area contributed by atoms with Gasteiger partial charge in [0.05, 0.1) is 6.20 Å². The molecule has 0 saturated carbocycles.